The highest BCUT2D eigenvalue weighted by Crippen LogP contribution is 2.24. The van der Waals surface area contributed by atoms with Crippen molar-refractivity contribution in [1.82, 2.24) is 15.1 Å². The Balaban J connectivity index is 1.52. The van der Waals surface area contributed by atoms with E-state index in [0.29, 0.717) is 16.6 Å². The number of carbonyl (C=O) groups is 3. The number of carbonyl (C=O) groups excluding carboxylic acids is 3. The lowest BCUT2D eigenvalue weighted by molar-refractivity contribution is -0.136. The fourth-order valence-corrected chi connectivity index (χ4v) is 3.22. The van der Waals surface area contributed by atoms with E-state index >= 15 is 0 Å². The summed E-state index contributed by atoms with van der Waals surface area (Å²) in [7, 11) is 1.47. The number of aromatic amines is 1. The Morgan fingerprint density at radius 1 is 1.14 bits per heavy atom. The average molecular weight is 412 g/mol. The van der Waals surface area contributed by atoms with Crippen LogP contribution in [0.1, 0.15) is 10.5 Å². The molecular weight excluding hydrogens is 392 g/mol. The van der Waals surface area contributed by atoms with E-state index in [1.807, 2.05) is 30.5 Å². The number of nitrogens with one attached hydrogen (secondary N) is 2. The van der Waals surface area contributed by atoms with Gasteiger partial charge in [0, 0.05) is 17.3 Å². The van der Waals surface area contributed by atoms with Crippen LogP contribution >= 0.6 is 11.8 Å². The first-order valence-electron chi connectivity index (χ1n) is 8.76. The minimum absolute atomic E-state index is 0.113. The fraction of sp³-hybridized carbons (Fsp3) is 0.200. The molecule has 3 aromatic rings. The van der Waals surface area contributed by atoms with Crippen LogP contribution in [0.15, 0.2) is 53.4 Å². The summed E-state index contributed by atoms with van der Waals surface area (Å²) in [6.45, 7) is -0.643. The van der Waals surface area contributed by atoms with Gasteiger partial charge in [0.05, 0.1) is 17.7 Å². The Morgan fingerprint density at radius 2 is 1.86 bits per heavy atom. The first-order valence-corrected chi connectivity index (χ1v) is 9.99. The standard InChI is InChI=1S/C20H20N4O4S/c1-24(11-17(25)21-15-9-5-6-10-16(15)29-2)18(26)12-28-20(27)19-13-7-3-4-8-14(13)22-23-19/h3-10H,11-12H2,1-2H3,(H,21,25)(H,22,23). The molecule has 0 fully saturated rings. The second kappa shape index (κ2) is 9.24. The van der Waals surface area contributed by atoms with Crippen molar-refractivity contribution in [2.24, 2.45) is 0 Å². The average Bonchev–Trinajstić information content (AvgIpc) is 3.16. The van der Waals surface area contributed by atoms with E-state index in [1.165, 1.54) is 23.7 Å². The molecular formula is C20H20N4O4S. The van der Waals surface area contributed by atoms with Crippen molar-refractivity contribution in [1.29, 1.82) is 0 Å². The van der Waals surface area contributed by atoms with Crippen molar-refractivity contribution < 1.29 is 19.1 Å². The fourth-order valence-electron chi connectivity index (χ4n) is 2.67. The number of benzene rings is 2. The van der Waals surface area contributed by atoms with Gasteiger partial charge in [0.25, 0.3) is 5.91 Å². The van der Waals surface area contributed by atoms with Crippen LogP contribution in [0.25, 0.3) is 10.9 Å². The number of hydrogen-bond acceptors (Lipinski definition) is 6. The van der Waals surface area contributed by atoms with Crippen LogP contribution in [0.5, 0.6) is 0 Å². The molecule has 1 aromatic heterocycles. The zero-order valence-corrected chi connectivity index (χ0v) is 16.8. The number of ether oxygens (including phenoxy) is 1. The molecule has 0 saturated heterocycles. The molecule has 3 rings (SSSR count). The van der Waals surface area contributed by atoms with Gasteiger partial charge in [-0.25, -0.2) is 4.79 Å². The van der Waals surface area contributed by atoms with E-state index in [2.05, 4.69) is 15.5 Å². The van der Waals surface area contributed by atoms with Crippen LogP contribution < -0.4 is 5.32 Å². The summed E-state index contributed by atoms with van der Waals surface area (Å²) >= 11 is 1.51. The zero-order valence-electron chi connectivity index (χ0n) is 16.0. The van der Waals surface area contributed by atoms with Crippen LogP contribution in [0, 0.1) is 0 Å². The maximum Gasteiger partial charge on any atom is 0.359 e. The summed E-state index contributed by atoms with van der Waals surface area (Å²) in [6.07, 6.45) is 1.91. The van der Waals surface area contributed by atoms with E-state index in [0.717, 1.165) is 4.90 Å². The molecule has 0 bridgehead atoms. The van der Waals surface area contributed by atoms with Gasteiger partial charge in [-0.05, 0) is 24.5 Å². The Bertz CT molecular complexity index is 1050. The lowest BCUT2D eigenvalue weighted by atomic mass is 10.2. The summed E-state index contributed by atoms with van der Waals surface area (Å²) in [6, 6.07) is 14.5. The number of likely N-dealkylation sites (N-methyl/N-ethyl adjacent to an activating group) is 1. The molecule has 2 N–H and O–H groups in total. The van der Waals surface area contributed by atoms with Gasteiger partial charge in [-0.2, -0.15) is 5.10 Å². The van der Waals surface area contributed by atoms with E-state index in [-0.39, 0.29) is 18.1 Å². The molecule has 0 atom stereocenters. The third-order valence-corrected chi connectivity index (χ3v) is 4.97. The quantitative estimate of drug-likeness (QED) is 0.456. The summed E-state index contributed by atoms with van der Waals surface area (Å²) < 4.78 is 5.07. The number of aromatic nitrogens is 2. The van der Waals surface area contributed by atoms with E-state index in [1.54, 1.807) is 24.3 Å². The largest absolute Gasteiger partial charge is 0.451 e. The maximum atomic E-state index is 12.2. The monoisotopic (exact) mass is 412 g/mol. The molecule has 9 heteroatoms. The number of fused-ring (bicyclic) bond motifs is 1. The number of hydrogen-bond donors (Lipinski definition) is 2. The van der Waals surface area contributed by atoms with Crippen LogP contribution in [0.4, 0.5) is 5.69 Å². The van der Waals surface area contributed by atoms with Gasteiger partial charge in [-0.1, -0.05) is 30.3 Å². The third kappa shape index (κ3) is 4.94. The molecule has 0 radical (unpaired) electrons. The van der Waals surface area contributed by atoms with E-state index in [9.17, 15) is 14.4 Å². The summed E-state index contributed by atoms with van der Waals surface area (Å²) in [5.74, 6) is -1.54. The molecule has 0 saturated carbocycles. The molecule has 2 aromatic carbocycles. The first kappa shape index (κ1) is 20.4. The van der Waals surface area contributed by atoms with Crippen molar-refractivity contribution in [2.45, 2.75) is 4.90 Å². The number of thioether (sulfide) groups is 1. The molecule has 0 aliphatic carbocycles. The van der Waals surface area contributed by atoms with Crippen molar-refractivity contribution in [2.75, 3.05) is 31.8 Å². The van der Waals surface area contributed by atoms with Crippen LogP contribution in [0.2, 0.25) is 0 Å². The highest BCUT2D eigenvalue weighted by atomic mass is 32.2. The topological polar surface area (TPSA) is 104 Å². The summed E-state index contributed by atoms with van der Waals surface area (Å²) in [4.78, 5) is 38.8. The Hall–Kier alpha value is -3.33. The van der Waals surface area contributed by atoms with Crippen molar-refractivity contribution >= 4 is 46.1 Å². The van der Waals surface area contributed by atoms with Gasteiger partial charge in [0.15, 0.2) is 12.3 Å². The van der Waals surface area contributed by atoms with Gasteiger partial charge in [0.1, 0.15) is 0 Å². The maximum absolute atomic E-state index is 12.2. The number of amides is 2. The summed E-state index contributed by atoms with van der Waals surface area (Å²) in [5.41, 5.74) is 1.50. The smallest absolute Gasteiger partial charge is 0.359 e. The van der Waals surface area contributed by atoms with Gasteiger partial charge in [0.2, 0.25) is 5.91 Å². The Labute approximate surface area is 171 Å². The highest BCUT2D eigenvalue weighted by molar-refractivity contribution is 7.98. The summed E-state index contributed by atoms with van der Waals surface area (Å²) in [5, 5.41) is 10.1. The predicted molar refractivity (Wildman–Crippen MR) is 111 cm³/mol. The normalized spacial score (nSPS) is 10.6. The number of rotatable bonds is 7. The predicted octanol–water partition coefficient (Wildman–Crippen LogP) is 2.54. The van der Waals surface area contributed by atoms with E-state index < -0.39 is 18.5 Å². The van der Waals surface area contributed by atoms with Gasteiger partial charge >= 0.3 is 5.97 Å². The molecule has 8 nitrogen and oxygen atoms in total. The highest BCUT2D eigenvalue weighted by Gasteiger charge is 2.19. The minimum Gasteiger partial charge on any atom is -0.451 e. The number of esters is 1. The molecule has 0 spiro atoms. The molecule has 29 heavy (non-hydrogen) atoms. The van der Waals surface area contributed by atoms with E-state index in [4.69, 9.17) is 4.74 Å². The van der Waals surface area contributed by atoms with Crippen molar-refractivity contribution in [3.05, 3.63) is 54.2 Å². The van der Waals surface area contributed by atoms with Gasteiger partial charge < -0.3 is 15.0 Å². The SMILES string of the molecule is CSc1ccccc1NC(=O)CN(C)C(=O)COC(=O)c1n[nH]c2ccccc12. The first-order chi connectivity index (χ1) is 14.0. The van der Waals surface area contributed by atoms with Crippen LogP contribution in [-0.2, 0) is 14.3 Å². The Morgan fingerprint density at radius 3 is 2.66 bits per heavy atom. The molecule has 2 amide bonds. The van der Waals surface area contributed by atoms with Gasteiger partial charge in [-0.3, -0.25) is 14.7 Å². The third-order valence-electron chi connectivity index (χ3n) is 4.18. The number of para-hydroxylation sites is 2. The number of anilines is 1. The second-order valence-electron chi connectivity index (χ2n) is 6.19. The Kier molecular flexibility index (Phi) is 6.50. The minimum atomic E-state index is -0.706. The van der Waals surface area contributed by atoms with Crippen LogP contribution in [-0.4, -0.2) is 59.3 Å². The lowest BCUT2D eigenvalue weighted by Gasteiger charge is -2.17. The molecule has 150 valence electrons. The lowest BCUT2D eigenvalue weighted by Crippen LogP contribution is -2.37. The molecule has 0 unspecified atom stereocenters. The molecule has 0 aliphatic heterocycles. The van der Waals surface area contributed by atoms with Crippen LogP contribution in [0.3, 0.4) is 0 Å². The zero-order chi connectivity index (χ0) is 20.8. The number of H-pyrrole nitrogens is 1. The van der Waals surface area contributed by atoms with Gasteiger partial charge in [-0.15, -0.1) is 11.8 Å². The second-order valence-corrected chi connectivity index (χ2v) is 7.04. The van der Waals surface area contributed by atoms with Crippen molar-refractivity contribution in [3.8, 4) is 0 Å². The number of nitrogens with zero attached hydrogens (tertiary/aromatic N) is 2. The molecule has 1 heterocycles. The molecule has 0 aliphatic rings. The van der Waals surface area contributed by atoms with Crippen molar-refractivity contribution in [3.63, 3.8) is 0 Å².